The predicted molar refractivity (Wildman–Crippen MR) is 113 cm³/mol. The van der Waals surface area contributed by atoms with Gasteiger partial charge in [-0.25, -0.2) is 13.4 Å². The highest BCUT2D eigenvalue weighted by Crippen LogP contribution is 2.22. The lowest BCUT2D eigenvalue weighted by Crippen LogP contribution is -2.38. The van der Waals surface area contributed by atoms with Crippen molar-refractivity contribution in [1.29, 1.82) is 0 Å². The Hall–Kier alpha value is -1.99. The summed E-state index contributed by atoms with van der Waals surface area (Å²) < 4.78 is 27.8. The van der Waals surface area contributed by atoms with Crippen LogP contribution in [0.1, 0.15) is 44.9 Å². The van der Waals surface area contributed by atoms with Gasteiger partial charge in [-0.1, -0.05) is 44.2 Å². The Kier molecular flexibility index (Phi) is 6.90. The van der Waals surface area contributed by atoms with Crippen molar-refractivity contribution in [1.82, 2.24) is 14.5 Å². The summed E-state index contributed by atoms with van der Waals surface area (Å²) in [7, 11) is -3.48. The predicted octanol–water partition coefficient (Wildman–Crippen LogP) is 3.16. The number of rotatable bonds is 8. The van der Waals surface area contributed by atoms with Crippen LogP contribution in [0.5, 0.6) is 0 Å². The van der Waals surface area contributed by atoms with Crippen molar-refractivity contribution in [2.75, 3.05) is 18.8 Å². The van der Waals surface area contributed by atoms with E-state index in [1.165, 1.54) is 0 Å². The highest BCUT2D eigenvalue weighted by molar-refractivity contribution is 7.91. The normalized spacial score (nSPS) is 18.3. The van der Waals surface area contributed by atoms with Gasteiger partial charge in [-0.3, -0.25) is 9.69 Å². The number of piperidine rings is 1. The van der Waals surface area contributed by atoms with Gasteiger partial charge in [-0.15, -0.1) is 0 Å². The van der Waals surface area contributed by atoms with Crippen molar-refractivity contribution < 1.29 is 13.2 Å². The molecular formula is C22H31N3O3S. The number of Topliss-reactive ketones (excluding diaryl/α,β-unsaturated/α-hetero) is 1. The maximum atomic E-state index is 13.0. The summed E-state index contributed by atoms with van der Waals surface area (Å²) in [4.78, 5) is 18.4. The number of carbonyl (C=O) groups excluding carboxylic acids is 1. The summed E-state index contributed by atoms with van der Waals surface area (Å²) in [6, 6.07) is 9.85. The molecular weight excluding hydrogens is 386 g/mol. The Morgan fingerprint density at radius 3 is 2.59 bits per heavy atom. The van der Waals surface area contributed by atoms with E-state index in [0.717, 1.165) is 37.2 Å². The largest absolute Gasteiger partial charge is 0.313 e. The summed E-state index contributed by atoms with van der Waals surface area (Å²) in [5.74, 6) is 0.406. The first-order valence-corrected chi connectivity index (χ1v) is 12.0. The number of ketones is 1. The van der Waals surface area contributed by atoms with E-state index in [9.17, 15) is 13.2 Å². The van der Waals surface area contributed by atoms with E-state index in [1.807, 2.05) is 48.7 Å². The Balaban J connectivity index is 1.91. The van der Waals surface area contributed by atoms with E-state index in [4.69, 9.17) is 0 Å². The molecule has 1 atom stereocenters. The monoisotopic (exact) mass is 417 g/mol. The molecule has 1 aliphatic heterocycles. The molecule has 1 fully saturated rings. The molecule has 7 heteroatoms. The second-order valence-electron chi connectivity index (χ2n) is 8.46. The fraction of sp³-hybridized carbons (Fsp3) is 0.545. The third-order valence-corrected chi connectivity index (χ3v) is 7.37. The zero-order valence-corrected chi connectivity index (χ0v) is 18.4. The maximum absolute atomic E-state index is 13.0. The van der Waals surface area contributed by atoms with E-state index in [-0.39, 0.29) is 28.5 Å². The molecule has 0 N–H and O–H groups in total. The Morgan fingerprint density at radius 2 is 1.93 bits per heavy atom. The SMILES string of the molecule is CC(=O)[C@H]1CCCN(Cc2cnc(S(=O)(=O)CC(C)C)n2Cc2ccccc2)C1. The lowest BCUT2D eigenvalue weighted by molar-refractivity contribution is -0.122. The van der Waals surface area contributed by atoms with Crippen molar-refractivity contribution >= 4 is 15.6 Å². The minimum absolute atomic E-state index is 0.0312. The zero-order valence-electron chi connectivity index (χ0n) is 17.5. The Labute approximate surface area is 173 Å². The number of nitrogens with zero attached hydrogens (tertiary/aromatic N) is 3. The molecule has 2 heterocycles. The molecule has 0 spiro atoms. The van der Waals surface area contributed by atoms with Gasteiger partial charge < -0.3 is 4.57 Å². The molecule has 1 aliphatic rings. The van der Waals surface area contributed by atoms with Gasteiger partial charge in [0.05, 0.1) is 24.2 Å². The summed E-state index contributed by atoms with van der Waals surface area (Å²) in [5.41, 5.74) is 1.91. The van der Waals surface area contributed by atoms with Crippen LogP contribution in [0, 0.1) is 11.8 Å². The van der Waals surface area contributed by atoms with Gasteiger partial charge in [0.2, 0.25) is 15.0 Å². The number of hydrogen-bond donors (Lipinski definition) is 0. The molecule has 2 aromatic rings. The van der Waals surface area contributed by atoms with Crippen LogP contribution in [0.25, 0.3) is 0 Å². The van der Waals surface area contributed by atoms with Crippen LogP contribution in [0.3, 0.4) is 0 Å². The van der Waals surface area contributed by atoms with Crippen LogP contribution in [0.4, 0.5) is 0 Å². The number of carbonyl (C=O) groups is 1. The molecule has 0 bridgehead atoms. The average Bonchev–Trinajstić information content (AvgIpc) is 3.05. The topological polar surface area (TPSA) is 72.3 Å². The molecule has 1 aromatic carbocycles. The Bertz CT molecular complexity index is 935. The number of imidazole rings is 1. The van der Waals surface area contributed by atoms with Gasteiger partial charge in [0.25, 0.3) is 0 Å². The van der Waals surface area contributed by atoms with E-state index >= 15 is 0 Å². The van der Waals surface area contributed by atoms with Gasteiger partial charge in [0.1, 0.15) is 5.78 Å². The molecule has 1 aromatic heterocycles. The number of sulfone groups is 1. The van der Waals surface area contributed by atoms with Crippen molar-refractivity contribution in [3.63, 3.8) is 0 Å². The van der Waals surface area contributed by atoms with Gasteiger partial charge in [-0.2, -0.15) is 0 Å². The van der Waals surface area contributed by atoms with Gasteiger partial charge in [0, 0.05) is 19.0 Å². The minimum atomic E-state index is -3.48. The van der Waals surface area contributed by atoms with Gasteiger partial charge in [0.15, 0.2) is 0 Å². The van der Waals surface area contributed by atoms with E-state index in [0.29, 0.717) is 13.1 Å². The highest BCUT2D eigenvalue weighted by Gasteiger charge is 2.27. The van der Waals surface area contributed by atoms with Gasteiger partial charge >= 0.3 is 0 Å². The van der Waals surface area contributed by atoms with Crippen LogP contribution < -0.4 is 0 Å². The summed E-state index contributed by atoms with van der Waals surface area (Å²) in [6.07, 6.45) is 3.60. The van der Waals surface area contributed by atoms with Crippen LogP contribution >= 0.6 is 0 Å². The lowest BCUT2D eigenvalue weighted by Gasteiger charge is -2.31. The third-order valence-electron chi connectivity index (χ3n) is 5.38. The van der Waals surface area contributed by atoms with Crippen molar-refractivity contribution in [3.05, 3.63) is 47.8 Å². The van der Waals surface area contributed by atoms with E-state index in [2.05, 4.69) is 9.88 Å². The average molecular weight is 418 g/mol. The molecule has 158 valence electrons. The quantitative estimate of drug-likeness (QED) is 0.660. The number of aromatic nitrogens is 2. The first-order valence-electron chi connectivity index (χ1n) is 10.3. The number of hydrogen-bond acceptors (Lipinski definition) is 5. The molecule has 0 radical (unpaired) electrons. The van der Waals surface area contributed by atoms with Gasteiger partial charge in [-0.05, 0) is 37.8 Å². The van der Waals surface area contributed by atoms with Crippen LogP contribution in [0.15, 0.2) is 41.7 Å². The third kappa shape index (κ3) is 5.54. The van der Waals surface area contributed by atoms with E-state index < -0.39 is 9.84 Å². The van der Waals surface area contributed by atoms with Crippen molar-refractivity contribution in [2.45, 2.75) is 51.9 Å². The Morgan fingerprint density at radius 1 is 1.21 bits per heavy atom. The lowest BCUT2D eigenvalue weighted by atomic mass is 9.94. The second-order valence-corrected chi connectivity index (χ2v) is 10.4. The molecule has 29 heavy (non-hydrogen) atoms. The number of likely N-dealkylation sites (tertiary alicyclic amines) is 1. The first kappa shape index (κ1) is 21.7. The molecule has 0 amide bonds. The molecule has 0 aliphatic carbocycles. The highest BCUT2D eigenvalue weighted by atomic mass is 32.2. The molecule has 0 saturated carbocycles. The van der Waals surface area contributed by atoms with Crippen molar-refractivity contribution in [3.8, 4) is 0 Å². The fourth-order valence-corrected chi connectivity index (χ4v) is 5.73. The first-order chi connectivity index (χ1) is 13.8. The number of benzene rings is 1. The summed E-state index contributed by atoms with van der Waals surface area (Å²) in [6.45, 7) is 8.16. The molecule has 0 unspecified atom stereocenters. The van der Waals surface area contributed by atoms with Crippen molar-refractivity contribution in [2.24, 2.45) is 11.8 Å². The van der Waals surface area contributed by atoms with Crippen LogP contribution in [-0.4, -0.2) is 47.5 Å². The fourth-order valence-electron chi connectivity index (χ4n) is 3.97. The van der Waals surface area contributed by atoms with Crippen LogP contribution in [-0.2, 0) is 27.7 Å². The molecule has 1 saturated heterocycles. The summed E-state index contributed by atoms with van der Waals surface area (Å²) in [5, 5.41) is 0.144. The standard InChI is InChI=1S/C22H31N3O3S/c1-17(2)16-29(27,28)22-23-12-21(25(22)13-19-8-5-4-6-9-19)15-24-11-7-10-20(14-24)18(3)26/h4-6,8-9,12,17,20H,7,10-11,13-16H2,1-3H3/t20-/m0/s1. The summed E-state index contributed by atoms with van der Waals surface area (Å²) >= 11 is 0. The second kappa shape index (κ2) is 9.22. The minimum Gasteiger partial charge on any atom is -0.313 e. The maximum Gasteiger partial charge on any atom is 0.228 e. The van der Waals surface area contributed by atoms with Crippen LogP contribution in [0.2, 0.25) is 0 Å². The zero-order chi connectivity index (χ0) is 21.0. The van der Waals surface area contributed by atoms with E-state index in [1.54, 1.807) is 13.1 Å². The molecule has 3 rings (SSSR count). The molecule has 6 nitrogen and oxygen atoms in total. The smallest absolute Gasteiger partial charge is 0.228 e.